The topological polar surface area (TPSA) is 63.8 Å². The number of hydrazine groups is 1. The van der Waals surface area contributed by atoms with Crippen molar-refractivity contribution in [3.63, 3.8) is 0 Å². The molecular formula is C13H16N4S. The molecule has 2 unspecified atom stereocenters. The molecule has 2 heterocycles. The molecule has 2 atom stereocenters. The molecule has 5 heteroatoms. The minimum atomic E-state index is 0.0971. The third-order valence-corrected chi connectivity index (χ3v) is 4.62. The fourth-order valence-electron chi connectivity index (χ4n) is 2.78. The van der Waals surface area contributed by atoms with Gasteiger partial charge in [0.1, 0.15) is 6.33 Å². The second-order valence-corrected chi connectivity index (χ2v) is 5.61. The lowest BCUT2D eigenvalue weighted by Crippen LogP contribution is -2.33. The lowest BCUT2D eigenvalue weighted by Gasteiger charge is -2.30. The van der Waals surface area contributed by atoms with E-state index in [0.29, 0.717) is 5.92 Å². The van der Waals surface area contributed by atoms with Gasteiger partial charge in [0.25, 0.3) is 0 Å². The molecule has 0 aliphatic heterocycles. The minimum Gasteiger partial charge on any atom is -0.271 e. The first-order valence-corrected chi connectivity index (χ1v) is 7.05. The molecule has 0 aromatic carbocycles. The van der Waals surface area contributed by atoms with Gasteiger partial charge in [0.2, 0.25) is 0 Å². The van der Waals surface area contributed by atoms with Crippen LogP contribution in [-0.4, -0.2) is 9.97 Å². The van der Waals surface area contributed by atoms with Crippen LogP contribution in [0.2, 0.25) is 0 Å². The highest BCUT2D eigenvalue weighted by Crippen LogP contribution is 2.41. The monoisotopic (exact) mass is 260 g/mol. The highest BCUT2D eigenvalue weighted by Gasteiger charge is 2.29. The van der Waals surface area contributed by atoms with Crippen molar-refractivity contribution in [1.82, 2.24) is 15.4 Å². The zero-order chi connectivity index (χ0) is 12.4. The van der Waals surface area contributed by atoms with Gasteiger partial charge >= 0.3 is 0 Å². The van der Waals surface area contributed by atoms with Crippen molar-refractivity contribution < 1.29 is 0 Å². The molecule has 0 radical (unpaired) electrons. The average molecular weight is 260 g/mol. The maximum atomic E-state index is 5.76. The van der Waals surface area contributed by atoms with Crippen LogP contribution in [-0.2, 0) is 6.42 Å². The van der Waals surface area contributed by atoms with Crippen LogP contribution in [0.5, 0.6) is 0 Å². The lowest BCUT2D eigenvalue weighted by molar-refractivity contribution is 0.409. The Bertz CT molecular complexity index is 511. The van der Waals surface area contributed by atoms with E-state index in [-0.39, 0.29) is 6.04 Å². The third kappa shape index (κ3) is 2.05. The van der Waals surface area contributed by atoms with Crippen molar-refractivity contribution in [1.29, 1.82) is 0 Å². The van der Waals surface area contributed by atoms with Crippen LogP contribution >= 0.6 is 11.3 Å². The van der Waals surface area contributed by atoms with E-state index in [4.69, 9.17) is 5.84 Å². The fourth-order valence-corrected chi connectivity index (χ4v) is 3.78. The average Bonchev–Trinajstić information content (AvgIpc) is 2.90. The van der Waals surface area contributed by atoms with E-state index >= 15 is 0 Å². The summed E-state index contributed by atoms with van der Waals surface area (Å²) in [6.45, 7) is 0. The molecule has 94 valence electrons. The Kier molecular flexibility index (Phi) is 3.36. The van der Waals surface area contributed by atoms with Crippen LogP contribution in [0.1, 0.15) is 40.8 Å². The molecule has 0 fully saturated rings. The van der Waals surface area contributed by atoms with Crippen LogP contribution in [0.15, 0.2) is 30.2 Å². The number of fused-ring (bicyclic) bond motifs is 1. The Hall–Kier alpha value is -1.30. The second-order valence-electron chi connectivity index (χ2n) is 4.61. The number of rotatable bonds is 3. The predicted molar refractivity (Wildman–Crippen MR) is 72.1 cm³/mol. The van der Waals surface area contributed by atoms with Gasteiger partial charge in [0.15, 0.2) is 0 Å². The Labute approximate surface area is 110 Å². The van der Waals surface area contributed by atoms with Crippen molar-refractivity contribution in [3.05, 3.63) is 46.2 Å². The second kappa shape index (κ2) is 5.14. The zero-order valence-corrected chi connectivity index (χ0v) is 10.9. The van der Waals surface area contributed by atoms with Gasteiger partial charge in [-0.2, -0.15) is 0 Å². The van der Waals surface area contributed by atoms with Crippen molar-refractivity contribution in [2.45, 2.75) is 31.2 Å². The molecule has 0 spiro atoms. The first kappa shape index (κ1) is 11.8. The molecular weight excluding hydrogens is 244 g/mol. The van der Waals surface area contributed by atoms with Gasteiger partial charge in [-0.1, -0.05) is 0 Å². The van der Waals surface area contributed by atoms with E-state index in [2.05, 4.69) is 26.8 Å². The van der Waals surface area contributed by atoms with E-state index in [1.165, 1.54) is 23.3 Å². The summed E-state index contributed by atoms with van der Waals surface area (Å²) in [6.07, 6.45) is 8.83. The number of hydrogen-bond donors (Lipinski definition) is 2. The van der Waals surface area contributed by atoms with E-state index < -0.39 is 0 Å². The quantitative estimate of drug-likeness (QED) is 0.655. The van der Waals surface area contributed by atoms with Gasteiger partial charge in [0.05, 0.1) is 6.04 Å². The lowest BCUT2D eigenvalue weighted by atomic mass is 9.81. The molecule has 18 heavy (non-hydrogen) atoms. The van der Waals surface area contributed by atoms with Crippen molar-refractivity contribution in [3.8, 4) is 0 Å². The smallest absolute Gasteiger partial charge is 0.115 e. The van der Waals surface area contributed by atoms with E-state index in [9.17, 15) is 0 Å². The maximum Gasteiger partial charge on any atom is 0.115 e. The number of aryl methyl sites for hydroxylation is 1. The van der Waals surface area contributed by atoms with Gasteiger partial charge in [0, 0.05) is 28.8 Å². The summed E-state index contributed by atoms with van der Waals surface area (Å²) >= 11 is 1.85. The first-order valence-electron chi connectivity index (χ1n) is 6.17. The number of aromatic nitrogens is 2. The summed E-state index contributed by atoms with van der Waals surface area (Å²) in [5.74, 6) is 6.19. The third-order valence-electron chi connectivity index (χ3n) is 3.62. The highest BCUT2D eigenvalue weighted by molar-refractivity contribution is 7.10. The van der Waals surface area contributed by atoms with Gasteiger partial charge in [-0.3, -0.25) is 11.3 Å². The Morgan fingerprint density at radius 2 is 2.22 bits per heavy atom. The molecule has 1 aliphatic carbocycles. The molecule has 0 saturated heterocycles. The summed E-state index contributed by atoms with van der Waals surface area (Å²) in [7, 11) is 0. The first-order chi connectivity index (χ1) is 8.90. The van der Waals surface area contributed by atoms with E-state index in [0.717, 1.165) is 12.0 Å². The van der Waals surface area contributed by atoms with Crippen LogP contribution in [0.25, 0.3) is 0 Å². The van der Waals surface area contributed by atoms with Crippen molar-refractivity contribution in [2.24, 2.45) is 5.84 Å². The number of nitrogens with one attached hydrogen (secondary N) is 1. The van der Waals surface area contributed by atoms with Crippen LogP contribution in [0.3, 0.4) is 0 Å². The van der Waals surface area contributed by atoms with E-state index in [1.54, 1.807) is 6.33 Å². The number of nitrogens with two attached hydrogens (primary N) is 1. The predicted octanol–water partition coefficient (Wildman–Crippen LogP) is 2.16. The summed E-state index contributed by atoms with van der Waals surface area (Å²) in [6, 6.07) is 2.33. The largest absolute Gasteiger partial charge is 0.271 e. The maximum absolute atomic E-state index is 5.76. The standard InChI is InChI=1S/C13H16N4S/c14-17-13(9-6-15-8-16-7-9)11-2-1-3-12-10(11)4-5-18-12/h4-8,11,13,17H,1-3,14H2. The Morgan fingerprint density at radius 3 is 3.00 bits per heavy atom. The normalized spacial score (nSPS) is 20.4. The summed E-state index contributed by atoms with van der Waals surface area (Å²) < 4.78 is 0. The van der Waals surface area contributed by atoms with E-state index in [1.807, 2.05) is 23.7 Å². The molecule has 1 aliphatic rings. The molecule has 2 aromatic heterocycles. The van der Waals surface area contributed by atoms with Gasteiger partial charge in [-0.05, 0) is 36.3 Å². The Balaban J connectivity index is 1.95. The van der Waals surface area contributed by atoms with Crippen LogP contribution in [0.4, 0.5) is 0 Å². The SMILES string of the molecule is NNC(c1cncnc1)C1CCCc2sccc21. The van der Waals surface area contributed by atoms with Crippen molar-refractivity contribution >= 4 is 11.3 Å². The zero-order valence-electron chi connectivity index (χ0n) is 10.0. The number of thiophene rings is 1. The van der Waals surface area contributed by atoms with Crippen LogP contribution in [0, 0.1) is 0 Å². The van der Waals surface area contributed by atoms with Gasteiger partial charge in [-0.15, -0.1) is 11.3 Å². The summed E-state index contributed by atoms with van der Waals surface area (Å²) in [5.41, 5.74) is 5.45. The highest BCUT2D eigenvalue weighted by atomic mass is 32.1. The number of hydrogen-bond acceptors (Lipinski definition) is 5. The van der Waals surface area contributed by atoms with Gasteiger partial charge < -0.3 is 0 Å². The molecule has 0 saturated carbocycles. The van der Waals surface area contributed by atoms with Crippen molar-refractivity contribution in [2.75, 3.05) is 0 Å². The fraction of sp³-hybridized carbons (Fsp3) is 0.385. The van der Waals surface area contributed by atoms with Gasteiger partial charge in [-0.25, -0.2) is 9.97 Å². The molecule has 0 bridgehead atoms. The molecule has 4 nitrogen and oxygen atoms in total. The summed E-state index contributed by atoms with van der Waals surface area (Å²) in [4.78, 5) is 9.68. The summed E-state index contributed by atoms with van der Waals surface area (Å²) in [5, 5.41) is 2.18. The molecule has 2 aromatic rings. The molecule has 0 amide bonds. The molecule has 3 rings (SSSR count). The number of nitrogens with zero attached hydrogens (tertiary/aromatic N) is 2. The van der Waals surface area contributed by atoms with Crippen LogP contribution < -0.4 is 11.3 Å². The Morgan fingerprint density at radius 1 is 1.39 bits per heavy atom. The minimum absolute atomic E-state index is 0.0971. The molecule has 3 N–H and O–H groups in total.